The molecule has 6 rings (SSSR count). The lowest BCUT2D eigenvalue weighted by Gasteiger charge is -2.19. The molecule has 4 N–H and O–H groups in total. The van der Waals surface area contributed by atoms with Gasteiger partial charge in [-0.15, -0.1) is 0 Å². The van der Waals surface area contributed by atoms with E-state index in [1.165, 1.54) is 12.7 Å². The third-order valence-corrected chi connectivity index (χ3v) is 9.79. The normalized spacial score (nSPS) is 25.0. The molecule has 3 atom stereocenters. The van der Waals surface area contributed by atoms with E-state index in [9.17, 15) is 14.4 Å². The zero-order valence-electron chi connectivity index (χ0n) is 26.0. The number of rotatable bonds is 6. The van der Waals surface area contributed by atoms with E-state index < -0.39 is 11.9 Å². The van der Waals surface area contributed by atoms with Crippen LogP contribution in [0.2, 0.25) is 0 Å². The number of nitrogens with one attached hydrogen (secondary N) is 4. The van der Waals surface area contributed by atoms with Crippen LogP contribution >= 0.6 is 0 Å². The highest BCUT2D eigenvalue weighted by Gasteiger charge is 2.48. The van der Waals surface area contributed by atoms with Crippen LogP contribution in [0.15, 0.2) is 11.4 Å². The van der Waals surface area contributed by atoms with Crippen LogP contribution in [0, 0.1) is 31.6 Å². The minimum absolute atomic E-state index is 0.100. The summed E-state index contributed by atoms with van der Waals surface area (Å²) in [6.07, 6.45) is 10.5. The molecule has 0 aromatic carbocycles. The molecule has 8 nitrogen and oxygen atoms in total. The predicted molar refractivity (Wildman–Crippen MR) is 168 cm³/mol. The summed E-state index contributed by atoms with van der Waals surface area (Å²) < 4.78 is 5.20. The van der Waals surface area contributed by atoms with Gasteiger partial charge in [-0.2, -0.15) is 0 Å². The van der Waals surface area contributed by atoms with Crippen molar-refractivity contribution in [3.63, 3.8) is 0 Å². The van der Waals surface area contributed by atoms with E-state index in [1.807, 2.05) is 26.0 Å². The van der Waals surface area contributed by atoms with Crippen molar-refractivity contribution in [3.8, 4) is 0 Å². The summed E-state index contributed by atoms with van der Waals surface area (Å²) >= 11 is 0. The molecule has 1 saturated heterocycles. The molecule has 1 aliphatic carbocycles. The van der Waals surface area contributed by atoms with Gasteiger partial charge in [0.15, 0.2) is 12.1 Å². The van der Waals surface area contributed by atoms with E-state index in [1.54, 1.807) is 0 Å². The molecule has 5 heterocycles. The quantitative estimate of drug-likeness (QED) is 0.193. The number of carbonyl (C=O) groups excluding carboxylic acids is 3. The Morgan fingerprint density at radius 2 is 1.63 bits per heavy atom. The Kier molecular flexibility index (Phi) is 7.19. The number of fused-ring (bicyclic) bond motifs is 7. The van der Waals surface area contributed by atoms with Gasteiger partial charge in [-0.05, 0) is 73.6 Å². The summed E-state index contributed by atoms with van der Waals surface area (Å²) in [4.78, 5) is 50.3. The van der Waals surface area contributed by atoms with Crippen LogP contribution < -0.4 is 16.0 Å². The topological polar surface area (TPSA) is 120 Å². The Balaban J connectivity index is 1.76. The second-order valence-electron chi connectivity index (χ2n) is 12.0. The first-order chi connectivity index (χ1) is 20.7. The van der Waals surface area contributed by atoms with Crippen molar-refractivity contribution in [2.45, 2.75) is 67.2 Å². The number of hydrogen-bond donors (Lipinski definition) is 4. The number of aromatic amines is 3. The number of ether oxygens (including phenoxy) is 1. The van der Waals surface area contributed by atoms with Crippen LogP contribution in [0.3, 0.4) is 0 Å². The number of aldehydes is 1. The van der Waals surface area contributed by atoms with Crippen LogP contribution in [-0.2, 0) is 22.4 Å². The summed E-state index contributed by atoms with van der Waals surface area (Å²) in [5, 5.41) is 5.27. The molecule has 0 radical (unpaired) electrons. The third kappa shape index (κ3) is 4.21. The molecular weight excluding hydrogens is 540 g/mol. The molecule has 3 aliphatic rings. The Labute approximate surface area is 251 Å². The van der Waals surface area contributed by atoms with Crippen LogP contribution in [0.1, 0.15) is 106 Å². The predicted octanol–water partition coefficient (Wildman–Crippen LogP) is 4.59. The van der Waals surface area contributed by atoms with Crippen molar-refractivity contribution in [2.24, 2.45) is 17.8 Å². The molecular formula is C35H40N4O4. The highest BCUT2D eigenvalue weighted by molar-refractivity contribution is 6.24. The van der Waals surface area contributed by atoms with Gasteiger partial charge in [-0.3, -0.25) is 14.4 Å². The van der Waals surface area contributed by atoms with Crippen LogP contribution in [0.4, 0.5) is 0 Å². The lowest BCUT2D eigenvalue weighted by Crippen LogP contribution is -2.25. The van der Waals surface area contributed by atoms with Crippen molar-refractivity contribution >= 4 is 41.8 Å². The van der Waals surface area contributed by atoms with Crippen molar-refractivity contribution in [1.29, 1.82) is 0 Å². The van der Waals surface area contributed by atoms with Gasteiger partial charge in [0.25, 0.3) is 0 Å². The fourth-order valence-electron chi connectivity index (χ4n) is 7.48. The number of carbonyl (C=O) groups is 3. The Hall–Kier alpha value is -4.33. The number of hydrogen-bond acceptors (Lipinski definition) is 5. The zero-order chi connectivity index (χ0) is 30.7. The van der Waals surface area contributed by atoms with Crippen LogP contribution in [-0.4, -0.2) is 40.1 Å². The molecule has 3 aromatic heterocycles. The van der Waals surface area contributed by atoms with E-state index >= 15 is 0 Å². The van der Waals surface area contributed by atoms with Gasteiger partial charge in [0.1, 0.15) is 5.92 Å². The maximum Gasteiger partial charge on any atom is 0.321 e. The van der Waals surface area contributed by atoms with E-state index in [-0.39, 0.29) is 17.6 Å². The number of allylic oxidation sites excluding steroid dienone is 2. The average Bonchev–Trinajstić information content (AvgIpc) is 3.74. The molecule has 2 aliphatic heterocycles. The molecule has 224 valence electrons. The second-order valence-corrected chi connectivity index (χ2v) is 12.0. The Morgan fingerprint density at radius 3 is 2.28 bits per heavy atom. The smallest absolute Gasteiger partial charge is 0.321 e. The number of H-pyrrole nitrogens is 3. The fraction of sp³-hybridized carbons (Fsp3) is 0.400. The van der Waals surface area contributed by atoms with Gasteiger partial charge in [0, 0.05) is 62.4 Å². The molecule has 1 fully saturated rings. The van der Waals surface area contributed by atoms with Crippen molar-refractivity contribution in [2.75, 3.05) is 7.11 Å². The van der Waals surface area contributed by atoms with E-state index in [0.717, 1.165) is 81.4 Å². The summed E-state index contributed by atoms with van der Waals surface area (Å²) in [5.74, 6) is -1.59. The SMILES string of the molecule is CCC[C@@H]1/C2=C3/c4[nH]c(c(C)c4C(=O)[C@@H]3C(=O)OC)/C=c3\[nH]/c(c(C=O)c3CC)=C\c3[nH]c(c(C)c3CC)/C=C(\N2)[C@H]1C. The zero-order valence-corrected chi connectivity index (χ0v) is 26.0. The lowest BCUT2D eigenvalue weighted by molar-refractivity contribution is -0.141. The summed E-state index contributed by atoms with van der Waals surface area (Å²) in [7, 11) is 1.34. The number of aromatic nitrogens is 3. The Bertz CT molecular complexity index is 1880. The second kappa shape index (κ2) is 10.7. The highest BCUT2D eigenvalue weighted by atomic mass is 16.5. The lowest BCUT2D eigenvalue weighted by atomic mass is 9.85. The number of methoxy groups -OCH3 is 1. The van der Waals surface area contributed by atoms with Crippen LogP contribution in [0.25, 0.3) is 23.8 Å². The minimum atomic E-state index is -1.03. The van der Waals surface area contributed by atoms with Gasteiger partial charge in [0.05, 0.1) is 18.2 Å². The average molecular weight is 581 g/mol. The summed E-state index contributed by atoms with van der Waals surface area (Å²) in [5.41, 5.74) is 11.2. The number of esters is 1. The van der Waals surface area contributed by atoms with Crippen LogP contribution in [0.5, 0.6) is 0 Å². The van der Waals surface area contributed by atoms with Gasteiger partial charge in [-0.25, -0.2) is 0 Å². The first kappa shape index (κ1) is 28.8. The maximum atomic E-state index is 14.0. The molecule has 8 bridgehead atoms. The summed E-state index contributed by atoms with van der Waals surface area (Å²) in [6, 6.07) is 0. The first-order valence-corrected chi connectivity index (χ1v) is 15.4. The third-order valence-electron chi connectivity index (χ3n) is 9.79. The Morgan fingerprint density at radius 1 is 0.930 bits per heavy atom. The molecule has 43 heavy (non-hydrogen) atoms. The number of ketones is 1. The fourth-order valence-corrected chi connectivity index (χ4v) is 7.48. The molecule has 0 amide bonds. The van der Waals surface area contributed by atoms with E-state index in [0.29, 0.717) is 28.8 Å². The van der Waals surface area contributed by atoms with Crippen molar-refractivity contribution in [3.05, 3.63) is 78.2 Å². The van der Waals surface area contributed by atoms with E-state index in [2.05, 4.69) is 54.0 Å². The molecule has 0 saturated carbocycles. The standard InChI is InChI=1S/C35H40N4O4/c1-8-11-21-17(5)24-12-23-16(4)19(9-2)26(36-23)14-28-22(15-40)20(10-3)27(37-28)13-25-18(6)29-33(39-25)30(32(21)38-24)31(34(29)41)35(42)43-7/h12-15,17,21,31,36-39H,8-11H2,1-7H3/b24-12-,27-13-,28-14-,32-30-/t17-,21-,31+/m0/s1. The molecule has 0 spiro atoms. The first-order valence-electron chi connectivity index (χ1n) is 15.4. The molecule has 8 heteroatoms. The largest absolute Gasteiger partial charge is 0.468 e. The maximum absolute atomic E-state index is 14.0. The molecule has 3 aromatic rings. The highest BCUT2D eigenvalue weighted by Crippen LogP contribution is 2.48. The molecule has 0 unspecified atom stereocenters. The van der Waals surface area contributed by atoms with Gasteiger partial charge < -0.3 is 25.0 Å². The summed E-state index contributed by atoms with van der Waals surface area (Å²) in [6.45, 7) is 12.6. The van der Waals surface area contributed by atoms with Gasteiger partial charge >= 0.3 is 5.97 Å². The number of Topliss-reactive ketones (excluding diaryl/α,β-unsaturated/α-hetero) is 1. The monoisotopic (exact) mass is 580 g/mol. The van der Waals surface area contributed by atoms with Gasteiger partial charge in [-0.1, -0.05) is 34.1 Å². The van der Waals surface area contributed by atoms with Crippen molar-refractivity contribution in [1.82, 2.24) is 20.3 Å². The minimum Gasteiger partial charge on any atom is -0.468 e. The van der Waals surface area contributed by atoms with Crippen molar-refractivity contribution < 1.29 is 19.1 Å². The van der Waals surface area contributed by atoms with E-state index in [4.69, 9.17) is 4.74 Å². The van der Waals surface area contributed by atoms with Gasteiger partial charge in [0.2, 0.25) is 0 Å².